The van der Waals surface area contributed by atoms with Crippen LogP contribution >= 0.6 is 72.4 Å². The second kappa shape index (κ2) is 15.8. The maximum absolute atomic E-state index is 11.1. The van der Waals surface area contributed by atoms with E-state index < -0.39 is 0 Å². The number of nitrogens with zero attached hydrogens (tertiary/aromatic N) is 2. The first-order valence-corrected chi connectivity index (χ1v) is 21.0. The monoisotopic (exact) mass is 750 g/mol. The molecule has 6 rings (SSSR count). The summed E-state index contributed by atoms with van der Waals surface area (Å²) in [5.74, 6) is 2.83. The van der Waals surface area contributed by atoms with Gasteiger partial charge in [-0.3, -0.25) is 0 Å². The molecule has 4 unspecified atom stereocenters. The van der Waals surface area contributed by atoms with E-state index in [4.69, 9.17) is 48.9 Å². The van der Waals surface area contributed by atoms with Gasteiger partial charge < -0.3 is 14.9 Å². The molecule has 9 heteroatoms. The lowest BCUT2D eigenvalue weighted by molar-refractivity contribution is 0.142. The van der Waals surface area contributed by atoms with Gasteiger partial charge in [-0.15, -0.1) is 23.5 Å². The summed E-state index contributed by atoms with van der Waals surface area (Å²) in [6.45, 7) is 4.59. The summed E-state index contributed by atoms with van der Waals surface area (Å²) in [6, 6.07) is 21.4. The van der Waals surface area contributed by atoms with Gasteiger partial charge in [0.05, 0.1) is 27.2 Å². The van der Waals surface area contributed by atoms with Gasteiger partial charge in [0.2, 0.25) is 0 Å². The number of rotatable bonds is 14. The Hall–Kier alpha value is -1.46. The van der Waals surface area contributed by atoms with E-state index in [1.807, 2.05) is 23.5 Å². The summed E-state index contributed by atoms with van der Waals surface area (Å²) in [7, 11) is 0. The summed E-state index contributed by atoms with van der Waals surface area (Å²) in [5, 5.41) is 11.1. The number of thioether (sulfide) groups is 2. The van der Waals surface area contributed by atoms with Gasteiger partial charge in [-0.1, -0.05) is 135 Å². The van der Waals surface area contributed by atoms with Gasteiger partial charge >= 0.3 is 0 Å². The number of aliphatic hydroxyl groups excluding tert-OH is 1. The molecule has 3 nitrogen and oxygen atoms in total. The third-order valence-electron chi connectivity index (χ3n) is 10.7. The fourth-order valence-corrected chi connectivity index (χ4v) is 12.7. The average molecular weight is 751 g/mol. The number of unbranched alkanes of at least 4 members (excludes halogenated alkanes) is 2. The Balaban J connectivity index is 1.04. The van der Waals surface area contributed by atoms with Crippen LogP contribution in [0.2, 0.25) is 0 Å². The molecule has 2 aromatic carbocycles. The summed E-state index contributed by atoms with van der Waals surface area (Å²) in [5.41, 5.74) is 1.84. The highest BCUT2D eigenvalue weighted by Gasteiger charge is 2.45. The van der Waals surface area contributed by atoms with Crippen molar-refractivity contribution in [1.29, 1.82) is 0 Å². The molecule has 2 aromatic rings. The Bertz CT molecular complexity index is 1470. The van der Waals surface area contributed by atoms with Crippen molar-refractivity contribution in [2.75, 3.05) is 11.5 Å². The molecule has 2 fully saturated rings. The summed E-state index contributed by atoms with van der Waals surface area (Å²) in [6.07, 6.45) is 13.6. The largest absolute Gasteiger partial charge is 0.393 e. The topological polar surface area (TPSA) is 26.7 Å². The average Bonchev–Trinajstić information content (AvgIpc) is 3.76. The third-order valence-corrected chi connectivity index (χ3v) is 14.6. The standard InChI is InChI=1S/C39H46N2OS6/c1-38(27-13-5-3-6-14-27,40-34(43)25-32-30(36(40)45)19-23-47-32)21-11-9-17-29(42)18-10-12-22-39(2,28-15-7-4-8-16-28)41-35(44)26-33-31(37(41)46)20-24-48-33/h3-8,13-16,25-26,29-31,42H,9-12,17-24H2,1-2H3. The Kier molecular flexibility index (Phi) is 12.0. The van der Waals surface area contributed by atoms with E-state index in [1.165, 1.54) is 20.9 Å². The molecule has 254 valence electrons. The summed E-state index contributed by atoms with van der Waals surface area (Å²) >= 11 is 28.0. The zero-order valence-corrected chi connectivity index (χ0v) is 32.8. The molecule has 4 aliphatic heterocycles. The Morgan fingerprint density at radius 3 is 1.46 bits per heavy atom. The molecule has 1 N–H and O–H groups in total. The van der Waals surface area contributed by atoms with Crippen molar-refractivity contribution >= 4 is 92.3 Å². The van der Waals surface area contributed by atoms with Crippen molar-refractivity contribution in [3.8, 4) is 0 Å². The number of hydrogen-bond donors (Lipinski definition) is 1. The molecule has 0 spiro atoms. The van der Waals surface area contributed by atoms with Gasteiger partial charge in [0.15, 0.2) is 0 Å². The van der Waals surface area contributed by atoms with Crippen molar-refractivity contribution < 1.29 is 5.11 Å². The van der Waals surface area contributed by atoms with E-state index in [9.17, 15) is 5.11 Å². The van der Waals surface area contributed by atoms with E-state index in [-0.39, 0.29) is 17.2 Å². The molecular formula is C39H46N2OS6. The lowest BCUT2D eigenvalue weighted by atomic mass is 9.82. The zero-order chi connectivity index (χ0) is 33.9. The fourth-order valence-electron chi connectivity index (χ4n) is 7.93. The van der Waals surface area contributed by atoms with E-state index in [0.29, 0.717) is 11.8 Å². The Labute approximate surface area is 317 Å². The van der Waals surface area contributed by atoms with Crippen molar-refractivity contribution in [3.63, 3.8) is 0 Å². The zero-order valence-electron chi connectivity index (χ0n) is 27.9. The third kappa shape index (κ3) is 7.44. The highest BCUT2D eigenvalue weighted by Crippen LogP contribution is 2.47. The number of aliphatic hydroxyl groups is 1. The molecule has 0 bridgehead atoms. The normalized spacial score (nSPS) is 24.1. The molecule has 48 heavy (non-hydrogen) atoms. The molecule has 0 amide bonds. The Morgan fingerprint density at radius 2 is 1.06 bits per heavy atom. The lowest BCUT2D eigenvalue weighted by Gasteiger charge is -2.46. The van der Waals surface area contributed by atoms with Gasteiger partial charge in [-0.05, 0) is 97.0 Å². The van der Waals surface area contributed by atoms with Crippen LogP contribution in [0.1, 0.15) is 89.2 Å². The minimum atomic E-state index is -0.319. The second-order valence-electron chi connectivity index (χ2n) is 13.9. The first-order valence-electron chi connectivity index (χ1n) is 17.4. The molecule has 2 saturated heterocycles. The van der Waals surface area contributed by atoms with Crippen LogP contribution in [-0.2, 0) is 11.1 Å². The second-order valence-corrected chi connectivity index (χ2v) is 17.9. The molecule has 0 saturated carbocycles. The minimum Gasteiger partial charge on any atom is -0.393 e. The van der Waals surface area contributed by atoms with Crippen molar-refractivity contribution in [2.24, 2.45) is 11.8 Å². The first kappa shape index (κ1) is 36.3. The number of thiocarbonyl (C=S) groups is 4. The van der Waals surface area contributed by atoms with Crippen molar-refractivity contribution in [1.82, 2.24) is 9.80 Å². The quantitative estimate of drug-likeness (QED) is 0.150. The minimum absolute atomic E-state index is 0.307. The van der Waals surface area contributed by atoms with E-state index >= 15 is 0 Å². The highest BCUT2D eigenvalue weighted by atomic mass is 32.2. The van der Waals surface area contributed by atoms with Crippen LogP contribution < -0.4 is 0 Å². The maximum atomic E-state index is 11.1. The lowest BCUT2D eigenvalue weighted by Crippen LogP contribution is -2.53. The van der Waals surface area contributed by atoms with Gasteiger partial charge in [0.25, 0.3) is 0 Å². The van der Waals surface area contributed by atoms with E-state index in [2.05, 4.69) is 96.5 Å². The first-order chi connectivity index (χ1) is 23.1. The molecule has 0 aromatic heterocycles. The van der Waals surface area contributed by atoms with Crippen LogP contribution in [0.15, 0.2) is 82.6 Å². The fraction of sp³-hybridized carbons (Fsp3) is 0.487. The number of fused-ring (bicyclic) bond motifs is 2. The van der Waals surface area contributed by atoms with E-state index in [0.717, 1.165) is 95.7 Å². The molecule has 4 heterocycles. The van der Waals surface area contributed by atoms with Crippen LogP contribution in [0.25, 0.3) is 0 Å². The van der Waals surface area contributed by atoms with Gasteiger partial charge in [0.1, 0.15) is 9.98 Å². The predicted molar refractivity (Wildman–Crippen MR) is 222 cm³/mol. The predicted octanol–water partition coefficient (Wildman–Crippen LogP) is 10.5. The van der Waals surface area contributed by atoms with Gasteiger partial charge in [0, 0.05) is 11.8 Å². The molecule has 4 atom stereocenters. The Morgan fingerprint density at radius 1 is 0.667 bits per heavy atom. The SMILES string of the molecule is CC(CCCCC(O)CCCCC(C)(c1ccccc1)N1C(=S)C=C2SCCC2C1=S)(c1ccccc1)N1C(=S)C=C2SCCC2C1=S. The van der Waals surface area contributed by atoms with Crippen LogP contribution in [-0.4, -0.2) is 52.5 Å². The van der Waals surface area contributed by atoms with Crippen LogP contribution in [0.3, 0.4) is 0 Å². The number of hydrogen-bond acceptors (Lipinski definition) is 7. The van der Waals surface area contributed by atoms with Gasteiger partial charge in [-0.2, -0.15) is 0 Å². The van der Waals surface area contributed by atoms with Crippen LogP contribution in [0.4, 0.5) is 0 Å². The summed E-state index contributed by atoms with van der Waals surface area (Å²) < 4.78 is 0. The molecule has 0 aliphatic carbocycles. The number of benzene rings is 2. The van der Waals surface area contributed by atoms with E-state index in [1.54, 1.807) is 0 Å². The van der Waals surface area contributed by atoms with Gasteiger partial charge in [-0.25, -0.2) is 0 Å². The summed E-state index contributed by atoms with van der Waals surface area (Å²) in [4.78, 5) is 10.8. The van der Waals surface area contributed by atoms with Crippen LogP contribution in [0.5, 0.6) is 0 Å². The molecular weight excluding hydrogens is 705 g/mol. The molecule has 0 radical (unpaired) electrons. The smallest absolute Gasteiger partial charge is 0.108 e. The van der Waals surface area contributed by atoms with Crippen molar-refractivity contribution in [3.05, 3.63) is 93.8 Å². The maximum Gasteiger partial charge on any atom is 0.108 e. The highest BCUT2D eigenvalue weighted by molar-refractivity contribution is 8.03. The van der Waals surface area contributed by atoms with Crippen LogP contribution in [0, 0.1) is 11.8 Å². The van der Waals surface area contributed by atoms with Crippen molar-refractivity contribution in [2.45, 2.75) is 95.2 Å². The molecule has 4 aliphatic rings.